The van der Waals surface area contributed by atoms with E-state index < -0.39 is 9.84 Å². The van der Waals surface area contributed by atoms with Gasteiger partial charge in [-0.3, -0.25) is 0 Å². The van der Waals surface area contributed by atoms with Crippen molar-refractivity contribution in [2.75, 3.05) is 18.1 Å². The fourth-order valence-electron chi connectivity index (χ4n) is 2.51. The summed E-state index contributed by atoms with van der Waals surface area (Å²) in [6, 6.07) is 7.29. The fraction of sp³-hybridized carbons (Fsp3) is 0.500. The molecule has 1 N–H and O–H groups in total. The maximum absolute atomic E-state index is 12.2. The molecule has 5 nitrogen and oxygen atoms in total. The number of rotatable bonds is 4. The Labute approximate surface area is 133 Å². The topological polar surface area (TPSA) is 66.5 Å². The maximum Gasteiger partial charge on any atom is 0.317 e. The predicted octanol–water partition coefficient (Wildman–Crippen LogP) is 2.17. The summed E-state index contributed by atoms with van der Waals surface area (Å²) in [5.74, 6) is 0.248. The second-order valence-electron chi connectivity index (χ2n) is 5.13. The van der Waals surface area contributed by atoms with Gasteiger partial charge >= 0.3 is 6.03 Å². The van der Waals surface area contributed by atoms with E-state index in [4.69, 9.17) is 0 Å². The minimum absolute atomic E-state index is 0.0745. The first-order chi connectivity index (χ1) is 9.91. The summed E-state index contributed by atoms with van der Waals surface area (Å²) >= 11 is 3.39. The molecule has 0 radical (unpaired) electrons. The minimum Gasteiger partial charge on any atom is -0.334 e. The largest absolute Gasteiger partial charge is 0.334 e. The molecule has 0 saturated carbocycles. The first-order valence-corrected chi connectivity index (χ1v) is 9.52. The van der Waals surface area contributed by atoms with Crippen molar-refractivity contribution < 1.29 is 13.2 Å². The third-order valence-electron chi connectivity index (χ3n) is 3.58. The normalized spacial score (nSPS) is 20.2. The highest BCUT2D eigenvalue weighted by Crippen LogP contribution is 2.18. The summed E-state index contributed by atoms with van der Waals surface area (Å²) in [4.78, 5) is 13.9. The van der Waals surface area contributed by atoms with Crippen LogP contribution in [0.25, 0.3) is 0 Å². The molecule has 1 aliphatic rings. The Kier molecular flexibility index (Phi) is 5.27. The van der Waals surface area contributed by atoms with Gasteiger partial charge in [0, 0.05) is 23.6 Å². The molecule has 0 aromatic heterocycles. The molecule has 2 rings (SSSR count). The van der Waals surface area contributed by atoms with Crippen molar-refractivity contribution in [2.45, 2.75) is 25.9 Å². The summed E-state index contributed by atoms with van der Waals surface area (Å²) in [6.45, 7) is 2.79. The molecule has 7 heteroatoms. The van der Waals surface area contributed by atoms with E-state index in [1.54, 1.807) is 4.90 Å². The molecular formula is C14H19BrN2O3S. The molecule has 1 aliphatic heterocycles. The highest BCUT2D eigenvalue weighted by molar-refractivity contribution is 9.10. The number of halogens is 1. The smallest absolute Gasteiger partial charge is 0.317 e. The van der Waals surface area contributed by atoms with Crippen LogP contribution in [0, 0.1) is 0 Å². The number of nitrogens with one attached hydrogen (secondary N) is 1. The van der Waals surface area contributed by atoms with Gasteiger partial charge in [0.25, 0.3) is 0 Å². The monoisotopic (exact) mass is 374 g/mol. The van der Waals surface area contributed by atoms with Gasteiger partial charge in [0.15, 0.2) is 9.84 Å². The van der Waals surface area contributed by atoms with Crippen LogP contribution < -0.4 is 5.32 Å². The van der Waals surface area contributed by atoms with Gasteiger partial charge in [0.2, 0.25) is 0 Å². The molecule has 0 bridgehead atoms. The summed E-state index contributed by atoms with van der Waals surface area (Å²) in [6.07, 6.45) is 0.528. The van der Waals surface area contributed by atoms with E-state index in [0.717, 1.165) is 10.0 Å². The van der Waals surface area contributed by atoms with Crippen LogP contribution in [0.2, 0.25) is 0 Å². The van der Waals surface area contributed by atoms with E-state index in [0.29, 0.717) is 19.5 Å². The maximum atomic E-state index is 12.2. The highest BCUT2D eigenvalue weighted by atomic mass is 79.9. The number of carbonyl (C=O) groups excluding carboxylic acids is 1. The van der Waals surface area contributed by atoms with Crippen LogP contribution in [0.1, 0.15) is 18.9 Å². The second-order valence-corrected chi connectivity index (χ2v) is 8.28. The lowest BCUT2D eigenvalue weighted by Gasteiger charge is -2.27. The predicted molar refractivity (Wildman–Crippen MR) is 85.8 cm³/mol. The van der Waals surface area contributed by atoms with Crippen LogP contribution in [-0.4, -0.2) is 43.4 Å². The number of urea groups is 1. The van der Waals surface area contributed by atoms with Crippen molar-refractivity contribution in [1.29, 1.82) is 0 Å². The second kappa shape index (κ2) is 6.79. The Morgan fingerprint density at radius 1 is 1.48 bits per heavy atom. The zero-order chi connectivity index (χ0) is 15.5. The molecule has 2 amide bonds. The third-order valence-corrected chi connectivity index (χ3v) is 5.83. The molecule has 1 fully saturated rings. The van der Waals surface area contributed by atoms with Gasteiger partial charge < -0.3 is 10.2 Å². The van der Waals surface area contributed by atoms with Gasteiger partial charge in [0.05, 0.1) is 11.5 Å². The lowest BCUT2D eigenvalue weighted by Crippen LogP contribution is -2.46. The van der Waals surface area contributed by atoms with Gasteiger partial charge in [-0.05, 0) is 31.0 Å². The molecule has 116 valence electrons. The van der Waals surface area contributed by atoms with E-state index >= 15 is 0 Å². The van der Waals surface area contributed by atoms with E-state index in [1.165, 1.54) is 0 Å². The van der Waals surface area contributed by atoms with E-state index in [9.17, 15) is 13.2 Å². The Balaban J connectivity index is 1.95. The molecular weight excluding hydrogens is 356 g/mol. The average Bonchev–Trinajstić information content (AvgIpc) is 2.77. The number of hydrogen-bond acceptors (Lipinski definition) is 3. The third kappa shape index (κ3) is 4.44. The number of amides is 2. The molecule has 21 heavy (non-hydrogen) atoms. The van der Waals surface area contributed by atoms with Gasteiger partial charge in [-0.1, -0.05) is 28.1 Å². The van der Waals surface area contributed by atoms with Gasteiger partial charge in [-0.25, -0.2) is 13.2 Å². The van der Waals surface area contributed by atoms with Crippen LogP contribution in [0.15, 0.2) is 28.7 Å². The van der Waals surface area contributed by atoms with Crippen molar-refractivity contribution >= 4 is 31.8 Å². The van der Waals surface area contributed by atoms with Crippen LogP contribution in [0.4, 0.5) is 4.79 Å². The van der Waals surface area contributed by atoms with Crippen molar-refractivity contribution in [3.05, 3.63) is 34.3 Å². The zero-order valence-electron chi connectivity index (χ0n) is 11.9. The zero-order valence-corrected chi connectivity index (χ0v) is 14.3. The van der Waals surface area contributed by atoms with Crippen LogP contribution >= 0.6 is 15.9 Å². The summed E-state index contributed by atoms with van der Waals surface area (Å²) in [5, 5.41) is 2.85. The fourth-order valence-corrected chi connectivity index (χ4v) is 4.69. The van der Waals surface area contributed by atoms with Crippen LogP contribution in [0.5, 0.6) is 0 Å². The first-order valence-electron chi connectivity index (χ1n) is 6.90. The molecule has 1 saturated heterocycles. The standard InChI is InChI=1S/C14H19BrN2O3S/c1-2-17(13-6-7-21(19,20)10-13)14(18)16-9-11-4-3-5-12(15)8-11/h3-5,8,13H,2,6-7,9-10H2,1H3,(H,16,18). The number of sulfone groups is 1. The number of hydrogen-bond donors (Lipinski definition) is 1. The summed E-state index contributed by atoms with van der Waals surface area (Å²) < 4.78 is 24.0. The van der Waals surface area contributed by atoms with Crippen molar-refractivity contribution in [3.63, 3.8) is 0 Å². The van der Waals surface area contributed by atoms with Crippen LogP contribution in [-0.2, 0) is 16.4 Å². The van der Waals surface area contributed by atoms with Crippen molar-refractivity contribution in [3.8, 4) is 0 Å². The Morgan fingerprint density at radius 2 is 2.24 bits per heavy atom. The quantitative estimate of drug-likeness (QED) is 0.877. The molecule has 1 atom stereocenters. The Morgan fingerprint density at radius 3 is 2.81 bits per heavy atom. The van der Waals surface area contributed by atoms with Gasteiger partial charge in [-0.15, -0.1) is 0 Å². The molecule has 1 aromatic carbocycles. The van der Waals surface area contributed by atoms with E-state index in [-0.39, 0.29) is 23.6 Å². The van der Waals surface area contributed by atoms with E-state index in [1.807, 2.05) is 31.2 Å². The molecule has 0 aliphatic carbocycles. The minimum atomic E-state index is -2.98. The average molecular weight is 375 g/mol. The lowest BCUT2D eigenvalue weighted by molar-refractivity contribution is 0.183. The molecule has 1 unspecified atom stereocenters. The van der Waals surface area contributed by atoms with Crippen LogP contribution in [0.3, 0.4) is 0 Å². The molecule has 1 heterocycles. The Bertz CT molecular complexity index is 618. The lowest BCUT2D eigenvalue weighted by atomic mass is 10.2. The van der Waals surface area contributed by atoms with Gasteiger partial charge in [0.1, 0.15) is 0 Å². The number of nitrogens with zero attached hydrogens (tertiary/aromatic N) is 1. The summed E-state index contributed by atoms with van der Waals surface area (Å²) in [7, 11) is -2.98. The molecule has 1 aromatic rings. The van der Waals surface area contributed by atoms with E-state index in [2.05, 4.69) is 21.2 Å². The first kappa shape index (κ1) is 16.3. The van der Waals surface area contributed by atoms with Crippen molar-refractivity contribution in [2.24, 2.45) is 0 Å². The van der Waals surface area contributed by atoms with Crippen molar-refractivity contribution in [1.82, 2.24) is 10.2 Å². The summed E-state index contributed by atoms with van der Waals surface area (Å²) in [5.41, 5.74) is 0.993. The number of benzene rings is 1. The van der Waals surface area contributed by atoms with Gasteiger partial charge in [-0.2, -0.15) is 0 Å². The highest BCUT2D eigenvalue weighted by Gasteiger charge is 2.33. The molecule has 0 spiro atoms. The Hall–Kier alpha value is -1.08. The SMILES string of the molecule is CCN(C(=O)NCc1cccc(Br)c1)C1CCS(=O)(=O)C1. The number of carbonyl (C=O) groups is 1.